The lowest BCUT2D eigenvalue weighted by Crippen LogP contribution is -2.39. The van der Waals surface area contributed by atoms with Crippen LogP contribution in [0.2, 0.25) is 0 Å². The van der Waals surface area contributed by atoms with Crippen LogP contribution in [0.15, 0.2) is 29.5 Å². The van der Waals surface area contributed by atoms with Crippen molar-refractivity contribution in [3.8, 4) is 0 Å². The van der Waals surface area contributed by atoms with E-state index in [0.717, 1.165) is 32.8 Å². The third-order valence-electron chi connectivity index (χ3n) is 4.72. The van der Waals surface area contributed by atoms with Gasteiger partial charge in [-0.2, -0.15) is 5.10 Å². The van der Waals surface area contributed by atoms with E-state index in [9.17, 15) is 9.59 Å². The van der Waals surface area contributed by atoms with Gasteiger partial charge in [-0.05, 0) is 13.0 Å². The van der Waals surface area contributed by atoms with Crippen LogP contribution in [0.5, 0.6) is 0 Å². The van der Waals surface area contributed by atoms with Crippen molar-refractivity contribution in [2.45, 2.75) is 13.5 Å². The molecule has 9 nitrogen and oxygen atoms in total. The van der Waals surface area contributed by atoms with Gasteiger partial charge in [-0.3, -0.25) is 9.69 Å². The van der Waals surface area contributed by atoms with E-state index in [4.69, 9.17) is 9.47 Å². The van der Waals surface area contributed by atoms with E-state index in [1.807, 2.05) is 6.07 Å². The van der Waals surface area contributed by atoms with Crippen molar-refractivity contribution in [1.82, 2.24) is 24.1 Å². The molecule has 3 aromatic rings. The summed E-state index contributed by atoms with van der Waals surface area (Å²) in [4.78, 5) is 31.4. The minimum Gasteiger partial charge on any atom is -0.462 e. The number of pyridine rings is 1. The minimum atomic E-state index is -0.474. The molecule has 0 atom stereocenters. The Morgan fingerprint density at radius 2 is 2.07 bits per heavy atom. The fraction of sp³-hybridized carbons (Fsp3) is 0.444. The molecule has 0 N–H and O–H groups in total. The average molecular weight is 371 g/mol. The molecule has 1 fully saturated rings. The summed E-state index contributed by atoms with van der Waals surface area (Å²) in [6.07, 6.45) is 4.68. The van der Waals surface area contributed by atoms with Gasteiger partial charge >= 0.3 is 5.97 Å². The second-order valence-electron chi connectivity index (χ2n) is 6.34. The monoisotopic (exact) mass is 371 g/mol. The number of aromatic nitrogens is 4. The molecule has 0 aromatic carbocycles. The van der Waals surface area contributed by atoms with E-state index in [-0.39, 0.29) is 17.7 Å². The third kappa shape index (κ3) is 3.31. The number of carbonyl (C=O) groups is 1. The van der Waals surface area contributed by atoms with Crippen molar-refractivity contribution in [3.05, 3.63) is 40.6 Å². The molecule has 0 spiro atoms. The van der Waals surface area contributed by atoms with Crippen LogP contribution in [-0.2, 0) is 16.0 Å². The maximum absolute atomic E-state index is 12.8. The Kier molecular flexibility index (Phi) is 4.87. The van der Waals surface area contributed by atoms with Crippen molar-refractivity contribution in [1.29, 1.82) is 0 Å². The molecule has 1 aliphatic heterocycles. The Morgan fingerprint density at radius 3 is 2.85 bits per heavy atom. The van der Waals surface area contributed by atoms with Crippen LogP contribution < -0.4 is 5.56 Å². The second kappa shape index (κ2) is 7.45. The van der Waals surface area contributed by atoms with Gasteiger partial charge in [0.2, 0.25) is 0 Å². The number of hydrogen-bond donors (Lipinski definition) is 0. The maximum atomic E-state index is 12.8. The van der Waals surface area contributed by atoms with Gasteiger partial charge < -0.3 is 14.0 Å². The summed E-state index contributed by atoms with van der Waals surface area (Å²) < 4.78 is 13.6. The van der Waals surface area contributed by atoms with E-state index in [1.54, 1.807) is 17.7 Å². The Hall–Kier alpha value is -2.78. The van der Waals surface area contributed by atoms with Crippen LogP contribution in [0.25, 0.3) is 16.6 Å². The Morgan fingerprint density at radius 1 is 1.26 bits per heavy atom. The largest absolute Gasteiger partial charge is 0.462 e. The van der Waals surface area contributed by atoms with Gasteiger partial charge in [-0.15, -0.1) is 0 Å². The van der Waals surface area contributed by atoms with Gasteiger partial charge in [0.05, 0.1) is 36.9 Å². The van der Waals surface area contributed by atoms with Gasteiger partial charge in [0, 0.05) is 38.6 Å². The van der Waals surface area contributed by atoms with Crippen LogP contribution in [0.3, 0.4) is 0 Å². The van der Waals surface area contributed by atoms with Crippen molar-refractivity contribution in [2.24, 2.45) is 0 Å². The Labute approximate surface area is 155 Å². The highest BCUT2D eigenvalue weighted by molar-refractivity contribution is 5.96. The molecule has 4 heterocycles. The highest BCUT2D eigenvalue weighted by atomic mass is 16.5. The van der Waals surface area contributed by atoms with E-state index in [1.165, 1.54) is 16.9 Å². The fourth-order valence-corrected chi connectivity index (χ4v) is 3.26. The molecular formula is C18H21N5O4. The molecule has 0 unspecified atom stereocenters. The molecule has 1 aliphatic rings. The number of nitrogens with zero attached hydrogens (tertiary/aromatic N) is 5. The topological polar surface area (TPSA) is 91.0 Å². The number of fused-ring (bicyclic) bond motifs is 3. The van der Waals surface area contributed by atoms with E-state index in [0.29, 0.717) is 23.1 Å². The molecule has 142 valence electrons. The fourth-order valence-electron chi connectivity index (χ4n) is 3.26. The highest BCUT2D eigenvalue weighted by Crippen LogP contribution is 2.15. The van der Waals surface area contributed by atoms with Crippen LogP contribution in [-0.4, -0.2) is 69.5 Å². The molecule has 0 bridgehead atoms. The molecule has 3 aromatic heterocycles. The Bertz CT molecular complexity index is 1040. The summed E-state index contributed by atoms with van der Waals surface area (Å²) in [5.41, 5.74) is 1.16. The summed E-state index contributed by atoms with van der Waals surface area (Å²) in [5, 5.41) is 4.69. The highest BCUT2D eigenvalue weighted by Gasteiger charge is 2.18. The van der Waals surface area contributed by atoms with Crippen LogP contribution in [0.1, 0.15) is 17.3 Å². The maximum Gasteiger partial charge on any atom is 0.343 e. The van der Waals surface area contributed by atoms with Gasteiger partial charge in [0.15, 0.2) is 5.65 Å². The Balaban J connectivity index is 1.66. The van der Waals surface area contributed by atoms with Crippen LogP contribution in [0, 0.1) is 0 Å². The van der Waals surface area contributed by atoms with Crippen LogP contribution >= 0.6 is 0 Å². The molecule has 4 rings (SSSR count). The first-order valence-corrected chi connectivity index (χ1v) is 9.02. The van der Waals surface area contributed by atoms with Crippen molar-refractivity contribution in [3.63, 3.8) is 0 Å². The summed E-state index contributed by atoms with van der Waals surface area (Å²) >= 11 is 0. The SMILES string of the molecule is CCOC(=O)c1cnn2c1ncc1c(=O)n(CCN3CCOCC3)ccc12. The molecule has 0 radical (unpaired) electrons. The predicted molar refractivity (Wildman–Crippen MR) is 98.0 cm³/mol. The smallest absolute Gasteiger partial charge is 0.343 e. The lowest BCUT2D eigenvalue weighted by molar-refractivity contribution is 0.0363. The number of rotatable bonds is 5. The number of hydrogen-bond acceptors (Lipinski definition) is 7. The summed E-state index contributed by atoms with van der Waals surface area (Å²) in [7, 11) is 0. The van der Waals surface area contributed by atoms with Gasteiger partial charge in [0.25, 0.3) is 5.56 Å². The molecule has 0 aliphatic carbocycles. The van der Waals surface area contributed by atoms with Gasteiger partial charge in [0.1, 0.15) is 5.56 Å². The zero-order valence-corrected chi connectivity index (χ0v) is 15.1. The number of esters is 1. The van der Waals surface area contributed by atoms with Crippen molar-refractivity contribution >= 4 is 22.5 Å². The van der Waals surface area contributed by atoms with Gasteiger partial charge in [-0.1, -0.05) is 0 Å². The van der Waals surface area contributed by atoms with Crippen molar-refractivity contribution in [2.75, 3.05) is 39.5 Å². The van der Waals surface area contributed by atoms with Gasteiger partial charge in [-0.25, -0.2) is 14.3 Å². The average Bonchev–Trinajstić information content (AvgIpc) is 3.13. The van der Waals surface area contributed by atoms with Crippen LogP contribution in [0.4, 0.5) is 0 Å². The summed E-state index contributed by atoms with van der Waals surface area (Å²) in [6.45, 7) is 6.64. The lowest BCUT2D eigenvalue weighted by atomic mass is 10.3. The molecule has 0 amide bonds. The minimum absolute atomic E-state index is 0.122. The van der Waals surface area contributed by atoms with Crippen molar-refractivity contribution < 1.29 is 14.3 Å². The molecule has 0 saturated carbocycles. The normalized spacial score (nSPS) is 15.4. The predicted octanol–water partition coefficient (Wildman–Crippen LogP) is 0.553. The number of morpholine rings is 1. The third-order valence-corrected chi connectivity index (χ3v) is 4.72. The molecule has 9 heteroatoms. The number of carbonyl (C=O) groups excluding carboxylic acids is 1. The lowest BCUT2D eigenvalue weighted by Gasteiger charge is -2.26. The van der Waals surface area contributed by atoms with E-state index >= 15 is 0 Å². The zero-order chi connectivity index (χ0) is 18.8. The first kappa shape index (κ1) is 17.6. The van der Waals surface area contributed by atoms with E-state index in [2.05, 4.69) is 15.0 Å². The summed E-state index contributed by atoms with van der Waals surface area (Å²) in [5.74, 6) is -0.474. The summed E-state index contributed by atoms with van der Waals surface area (Å²) in [6, 6.07) is 1.83. The first-order valence-electron chi connectivity index (χ1n) is 9.02. The molecule has 27 heavy (non-hydrogen) atoms. The molecule has 1 saturated heterocycles. The standard InChI is InChI=1S/C18H21N5O4/c1-2-27-18(25)14-12-20-23-15-3-4-22(6-5-21-7-9-26-10-8-21)17(24)13(15)11-19-16(14)23/h3-4,11-12H,2,5-10H2,1H3. The second-order valence-corrected chi connectivity index (χ2v) is 6.34. The quantitative estimate of drug-likeness (QED) is 0.605. The number of ether oxygens (including phenoxy) is 2. The zero-order valence-electron chi connectivity index (χ0n) is 15.1. The molecular weight excluding hydrogens is 350 g/mol. The van der Waals surface area contributed by atoms with E-state index < -0.39 is 5.97 Å². The first-order chi connectivity index (χ1) is 13.2.